The quantitative estimate of drug-likeness (QED) is 0.552. The van der Waals surface area contributed by atoms with E-state index >= 15 is 0 Å². The third kappa shape index (κ3) is 4.61. The topological polar surface area (TPSA) is 104 Å². The van der Waals surface area contributed by atoms with Gasteiger partial charge in [-0.25, -0.2) is 8.42 Å². The highest BCUT2D eigenvalue weighted by Gasteiger charge is 2.26. The Hall–Kier alpha value is -1.15. The van der Waals surface area contributed by atoms with E-state index < -0.39 is 15.9 Å². The standard InChI is InChI=1S/C10H19N3O4S/c1-7(10(15)11-2)13-9(14)5-8-6-18(16,17)4-3-12-8/h7-8,12H,3-6H2,1-2H3,(H,11,15)(H,13,14). The van der Waals surface area contributed by atoms with E-state index in [2.05, 4.69) is 16.0 Å². The van der Waals surface area contributed by atoms with Crippen LogP contribution in [0.25, 0.3) is 0 Å². The number of amides is 2. The smallest absolute Gasteiger partial charge is 0.242 e. The summed E-state index contributed by atoms with van der Waals surface area (Å²) < 4.78 is 22.8. The zero-order valence-electron chi connectivity index (χ0n) is 10.5. The van der Waals surface area contributed by atoms with Gasteiger partial charge in [0.1, 0.15) is 6.04 Å². The van der Waals surface area contributed by atoms with Gasteiger partial charge < -0.3 is 16.0 Å². The van der Waals surface area contributed by atoms with Crippen LogP contribution < -0.4 is 16.0 Å². The third-order valence-electron chi connectivity index (χ3n) is 2.75. The van der Waals surface area contributed by atoms with Crippen molar-refractivity contribution in [3.8, 4) is 0 Å². The minimum atomic E-state index is -3.05. The third-order valence-corrected chi connectivity index (χ3v) is 4.49. The summed E-state index contributed by atoms with van der Waals surface area (Å²) in [5.74, 6) is -0.539. The summed E-state index contributed by atoms with van der Waals surface area (Å²) in [4.78, 5) is 22.8. The second kappa shape index (κ2) is 6.14. The normalized spacial score (nSPS) is 24.0. The van der Waals surface area contributed by atoms with Gasteiger partial charge in [-0.05, 0) is 6.92 Å². The Morgan fingerprint density at radius 3 is 2.67 bits per heavy atom. The van der Waals surface area contributed by atoms with Crippen molar-refractivity contribution in [3.05, 3.63) is 0 Å². The molecule has 0 radical (unpaired) electrons. The van der Waals surface area contributed by atoms with Crippen molar-refractivity contribution in [3.63, 3.8) is 0 Å². The molecule has 1 aliphatic heterocycles. The first kappa shape index (κ1) is 14.9. The second-order valence-corrected chi connectivity index (χ2v) is 6.60. The van der Waals surface area contributed by atoms with Gasteiger partial charge in [0.15, 0.2) is 9.84 Å². The molecular formula is C10H19N3O4S. The maximum Gasteiger partial charge on any atom is 0.242 e. The number of hydrogen-bond donors (Lipinski definition) is 3. The molecule has 0 spiro atoms. The molecule has 0 bridgehead atoms. The lowest BCUT2D eigenvalue weighted by molar-refractivity contribution is -0.128. The zero-order valence-corrected chi connectivity index (χ0v) is 11.3. The molecule has 104 valence electrons. The van der Waals surface area contributed by atoms with Crippen molar-refractivity contribution in [2.45, 2.75) is 25.4 Å². The summed E-state index contributed by atoms with van der Waals surface area (Å²) in [6.45, 7) is 1.94. The SMILES string of the molecule is CNC(=O)C(C)NC(=O)CC1CS(=O)(=O)CCN1. The average Bonchev–Trinajstić information content (AvgIpc) is 2.26. The van der Waals surface area contributed by atoms with E-state index in [9.17, 15) is 18.0 Å². The Kier molecular flexibility index (Phi) is 5.09. The fourth-order valence-electron chi connectivity index (χ4n) is 1.80. The molecule has 0 aromatic heterocycles. The van der Waals surface area contributed by atoms with Gasteiger partial charge in [0.25, 0.3) is 0 Å². The van der Waals surface area contributed by atoms with Crippen LogP contribution in [0.15, 0.2) is 0 Å². The van der Waals surface area contributed by atoms with Crippen LogP contribution in [-0.4, -0.2) is 57.4 Å². The molecule has 2 atom stereocenters. The Labute approximate surface area is 107 Å². The lowest BCUT2D eigenvalue weighted by Crippen LogP contribution is -2.49. The molecule has 1 saturated heterocycles. The molecule has 1 aliphatic rings. The molecule has 0 saturated carbocycles. The molecule has 8 heteroatoms. The first-order valence-electron chi connectivity index (χ1n) is 5.79. The van der Waals surface area contributed by atoms with Gasteiger partial charge >= 0.3 is 0 Å². The van der Waals surface area contributed by atoms with Gasteiger partial charge in [0.2, 0.25) is 11.8 Å². The average molecular weight is 277 g/mol. The van der Waals surface area contributed by atoms with Crippen molar-refractivity contribution in [1.82, 2.24) is 16.0 Å². The number of hydrogen-bond acceptors (Lipinski definition) is 5. The highest BCUT2D eigenvalue weighted by Crippen LogP contribution is 2.05. The van der Waals surface area contributed by atoms with Crippen LogP contribution in [0.4, 0.5) is 0 Å². The Balaban J connectivity index is 2.43. The molecule has 7 nitrogen and oxygen atoms in total. The van der Waals surface area contributed by atoms with Crippen LogP contribution in [0.3, 0.4) is 0 Å². The van der Waals surface area contributed by atoms with Gasteiger partial charge in [-0.1, -0.05) is 0 Å². The number of carbonyl (C=O) groups excluding carboxylic acids is 2. The molecule has 0 aromatic rings. The van der Waals surface area contributed by atoms with Gasteiger partial charge in [-0.2, -0.15) is 0 Å². The molecule has 18 heavy (non-hydrogen) atoms. The fourth-order valence-corrected chi connectivity index (χ4v) is 3.25. The highest BCUT2D eigenvalue weighted by atomic mass is 32.2. The van der Waals surface area contributed by atoms with Crippen LogP contribution in [-0.2, 0) is 19.4 Å². The van der Waals surface area contributed by atoms with Crippen molar-refractivity contribution in [2.24, 2.45) is 0 Å². The summed E-state index contributed by atoms with van der Waals surface area (Å²) in [7, 11) is -1.56. The van der Waals surface area contributed by atoms with E-state index in [0.29, 0.717) is 6.54 Å². The van der Waals surface area contributed by atoms with Crippen molar-refractivity contribution in [2.75, 3.05) is 25.1 Å². The Morgan fingerprint density at radius 2 is 2.11 bits per heavy atom. The largest absolute Gasteiger partial charge is 0.357 e. The fraction of sp³-hybridized carbons (Fsp3) is 0.800. The minimum absolute atomic E-state index is 0.0330. The number of carbonyl (C=O) groups is 2. The van der Waals surface area contributed by atoms with Gasteiger partial charge in [0.05, 0.1) is 11.5 Å². The zero-order chi connectivity index (χ0) is 13.8. The van der Waals surface area contributed by atoms with Crippen molar-refractivity contribution >= 4 is 21.7 Å². The molecule has 2 amide bonds. The van der Waals surface area contributed by atoms with E-state index in [-0.39, 0.29) is 35.8 Å². The molecule has 3 N–H and O–H groups in total. The van der Waals surface area contributed by atoms with Gasteiger partial charge in [-0.15, -0.1) is 0 Å². The predicted molar refractivity (Wildman–Crippen MR) is 66.7 cm³/mol. The van der Waals surface area contributed by atoms with E-state index in [1.54, 1.807) is 6.92 Å². The lowest BCUT2D eigenvalue weighted by atomic mass is 10.2. The molecule has 1 rings (SSSR count). The maximum absolute atomic E-state index is 11.6. The summed E-state index contributed by atoms with van der Waals surface area (Å²) in [6, 6.07) is -0.997. The van der Waals surface area contributed by atoms with Crippen molar-refractivity contribution in [1.29, 1.82) is 0 Å². The molecule has 1 fully saturated rings. The number of likely N-dealkylation sites (N-methyl/N-ethyl adjacent to an activating group) is 1. The number of nitrogens with one attached hydrogen (secondary N) is 3. The van der Waals surface area contributed by atoms with Crippen LogP contribution in [0.5, 0.6) is 0 Å². The predicted octanol–water partition coefficient (Wildman–Crippen LogP) is -1.99. The molecule has 0 aliphatic carbocycles. The van der Waals surface area contributed by atoms with E-state index in [1.165, 1.54) is 7.05 Å². The van der Waals surface area contributed by atoms with Crippen molar-refractivity contribution < 1.29 is 18.0 Å². The Morgan fingerprint density at radius 1 is 1.44 bits per heavy atom. The second-order valence-electron chi connectivity index (χ2n) is 4.37. The van der Waals surface area contributed by atoms with Crippen LogP contribution >= 0.6 is 0 Å². The van der Waals surface area contributed by atoms with Gasteiger partial charge in [-0.3, -0.25) is 9.59 Å². The number of sulfone groups is 1. The molecule has 0 aromatic carbocycles. The summed E-state index contributed by atoms with van der Waals surface area (Å²) in [5, 5.41) is 7.92. The van der Waals surface area contributed by atoms with Crippen LogP contribution in [0.1, 0.15) is 13.3 Å². The lowest BCUT2D eigenvalue weighted by Gasteiger charge is -2.23. The van der Waals surface area contributed by atoms with E-state index in [1.807, 2.05) is 0 Å². The minimum Gasteiger partial charge on any atom is -0.357 e. The summed E-state index contributed by atoms with van der Waals surface area (Å²) >= 11 is 0. The summed E-state index contributed by atoms with van der Waals surface area (Å²) in [6.07, 6.45) is 0.0561. The number of rotatable bonds is 4. The highest BCUT2D eigenvalue weighted by molar-refractivity contribution is 7.91. The van der Waals surface area contributed by atoms with Gasteiger partial charge in [0, 0.05) is 26.1 Å². The first-order valence-corrected chi connectivity index (χ1v) is 7.61. The van der Waals surface area contributed by atoms with Crippen LogP contribution in [0.2, 0.25) is 0 Å². The molecular weight excluding hydrogens is 258 g/mol. The van der Waals surface area contributed by atoms with E-state index in [4.69, 9.17) is 0 Å². The maximum atomic E-state index is 11.6. The van der Waals surface area contributed by atoms with E-state index in [0.717, 1.165) is 0 Å². The molecule has 1 heterocycles. The molecule has 2 unspecified atom stereocenters. The first-order chi connectivity index (χ1) is 8.34. The van der Waals surface area contributed by atoms with Crippen LogP contribution in [0, 0.1) is 0 Å². The Bertz CT molecular complexity index is 421. The monoisotopic (exact) mass is 277 g/mol. The summed E-state index contributed by atoms with van der Waals surface area (Å²) in [5.41, 5.74) is 0.